The number of hydrogen-bond acceptors (Lipinski definition) is 4. The minimum atomic E-state index is -0.101. The molecule has 5 nitrogen and oxygen atoms in total. The lowest BCUT2D eigenvalue weighted by atomic mass is 9.78. The lowest BCUT2D eigenvalue weighted by molar-refractivity contribution is -0.138. The topological polar surface area (TPSA) is 55.2 Å². The van der Waals surface area contributed by atoms with Gasteiger partial charge in [-0.05, 0) is 43.0 Å². The molecule has 1 saturated heterocycles. The number of fused-ring (bicyclic) bond motifs is 2. The van der Waals surface area contributed by atoms with E-state index in [1.165, 1.54) is 47.9 Å². The minimum absolute atomic E-state index is 0.0707. The Balaban J connectivity index is 1.56. The molecular formula is C17H21N3O2S. The molecule has 1 aliphatic carbocycles. The van der Waals surface area contributed by atoms with Crippen LogP contribution in [0.4, 0.5) is 0 Å². The summed E-state index contributed by atoms with van der Waals surface area (Å²) < 4.78 is 2.10. The molecule has 4 rings (SSSR count). The molecule has 23 heavy (non-hydrogen) atoms. The maximum Gasteiger partial charge on any atom is 0.271 e. The Morgan fingerprint density at radius 1 is 1.26 bits per heavy atom. The zero-order chi connectivity index (χ0) is 15.8. The molecule has 1 aliphatic heterocycles. The largest absolute Gasteiger partial charge is 0.338 e. The third-order valence-electron chi connectivity index (χ3n) is 5.30. The molecule has 0 radical (unpaired) electrons. The Labute approximate surface area is 138 Å². The van der Waals surface area contributed by atoms with Gasteiger partial charge in [0.2, 0.25) is 5.91 Å². The van der Waals surface area contributed by atoms with E-state index in [1.807, 2.05) is 16.3 Å². The molecule has 3 heterocycles. The number of thiophene rings is 1. The molecule has 6 heteroatoms. The molecule has 0 aromatic carbocycles. The minimum Gasteiger partial charge on any atom is -0.338 e. The van der Waals surface area contributed by atoms with Crippen molar-refractivity contribution in [2.45, 2.75) is 51.1 Å². The molecule has 0 N–H and O–H groups in total. The third-order valence-corrected chi connectivity index (χ3v) is 6.20. The molecule has 2 aromatic rings. The first-order chi connectivity index (χ1) is 11.2. The highest BCUT2D eigenvalue weighted by atomic mass is 32.1. The maximum atomic E-state index is 12.8. The van der Waals surface area contributed by atoms with E-state index in [4.69, 9.17) is 0 Å². The molecule has 2 fully saturated rings. The van der Waals surface area contributed by atoms with Gasteiger partial charge in [-0.2, -0.15) is 0 Å². The Hall–Kier alpha value is -1.69. The highest BCUT2D eigenvalue weighted by Gasteiger charge is 2.35. The highest BCUT2D eigenvalue weighted by Crippen LogP contribution is 2.35. The zero-order valence-corrected chi connectivity index (χ0v) is 13.9. The number of nitrogens with zero attached hydrogens (tertiary/aromatic N) is 3. The van der Waals surface area contributed by atoms with E-state index in [-0.39, 0.29) is 18.0 Å². The fourth-order valence-corrected chi connectivity index (χ4v) is 4.96. The SMILES string of the molecule is O=C(Cn1cnc2ccsc2c1=O)N1CCCC2CCCCC21. The van der Waals surface area contributed by atoms with E-state index < -0.39 is 0 Å². The number of carbonyl (C=O) groups is 1. The molecular weight excluding hydrogens is 310 g/mol. The quantitative estimate of drug-likeness (QED) is 0.850. The molecule has 2 aromatic heterocycles. The van der Waals surface area contributed by atoms with E-state index in [2.05, 4.69) is 4.98 Å². The van der Waals surface area contributed by atoms with Gasteiger partial charge in [0.25, 0.3) is 5.56 Å². The molecule has 0 bridgehead atoms. The van der Waals surface area contributed by atoms with Gasteiger partial charge in [0.1, 0.15) is 11.2 Å². The average Bonchev–Trinajstić information content (AvgIpc) is 3.06. The van der Waals surface area contributed by atoms with E-state index in [9.17, 15) is 9.59 Å². The van der Waals surface area contributed by atoms with Crippen LogP contribution in [-0.4, -0.2) is 32.9 Å². The van der Waals surface area contributed by atoms with Crippen molar-refractivity contribution in [3.63, 3.8) is 0 Å². The van der Waals surface area contributed by atoms with Crippen LogP contribution in [0.2, 0.25) is 0 Å². The lowest BCUT2D eigenvalue weighted by Gasteiger charge is -2.44. The van der Waals surface area contributed by atoms with Gasteiger partial charge in [0, 0.05) is 12.6 Å². The second kappa shape index (κ2) is 6.07. The third kappa shape index (κ3) is 2.69. The highest BCUT2D eigenvalue weighted by molar-refractivity contribution is 7.17. The van der Waals surface area contributed by atoms with Crippen molar-refractivity contribution in [2.75, 3.05) is 6.54 Å². The van der Waals surface area contributed by atoms with Crippen molar-refractivity contribution in [3.8, 4) is 0 Å². The van der Waals surface area contributed by atoms with Crippen LogP contribution in [0.3, 0.4) is 0 Å². The van der Waals surface area contributed by atoms with Crippen LogP contribution in [-0.2, 0) is 11.3 Å². The second-order valence-electron chi connectivity index (χ2n) is 6.65. The Morgan fingerprint density at radius 3 is 3.00 bits per heavy atom. The van der Waals surface area contributed by atoms with Gasteiger partial charge in [0.15, 0.2) is 0 Å². The van der Waals surface area contributed by atoms with Crippen LogP contribution < -0.4 is 5.56 Å². The number of aromatic nitrogens is 2. The molecule has 1 amide bonds. The van der Waals surface area contributed by atoms with Crippen molar-refractivity contribution in [3.05, 3.63) is 28.1 Å². The van der Waals surface area contributed by atoms with E-state index in [0.717, 1.165) is 19.4 Å². The molecule has 0 spiro atoms. The monoisotopic (exact) mass is 331 g/mol. The van der Waals surface area contributed by atoms with Gasteiger partial charge in [-0.25, -0.2) is 4.98 Å². The summed E-state index contributed by atoms with van der Waals surface area (Å²) in [6, 6.07) is 2.23. The molecule has 2 aliphatic rings. The predicted molar refractivity (Wildman–Crippen MR) is 90.6 cm³/mol. The number of hydrogen-bond donors (Lipinski definition) is 0. The van der Waals surface area contributed by atoms with Crippen LogP contribution in [0.1, 0.15) is 38.5 Å². The van der Waals surface area contributed by atoms with Crippen molar-refractivity contribution >= 4 is 27.5 Å². The van der Waals surface area contributed by atoms with Crippen LogP contribution in [0, 0.1) is 5.92 Å². The lowest BCUT2D eigenvalue weighted by Crippen LogP contribution is -2.51. The van der Waals surface area contributed by atoms with Gasteiger partial charge < -0.3 is 4.90 Å². The number of piperidine rings is 1. The fraction of sp³-hybridized carbons (Fsp3) is 0.588. The predicted octanol–water partition coefficient (Wildman–Crippen LogP) is 2.64. The summed E-state index contributed by atoms with van der Waals surface area (Å²) in [6.45, 7) is 0.951. The summed E-state index contributed by atoms with van der Waals surface area (Å²) in [5.74, 6) is 0.734. The standard InChI is InChI=1S/C17H21N3O2S/c21-15(20-8-3-5-12-4-1-2-6-14(12)20)10-19-11-18-13-7-9-23-16(13)17(19)22/h7,9,11-12,14H,1-6,8,10H2. The van der Waals surface area contributed by atoms with E-state index in [0.29, 0.717) is 22.2 Å². The maximum absolute atomic E-state index is 12.8. The normalized spacial score (nSPS) is 24.6. The Morgan fingerprint density at radius 2 is 2.09 bits per heavy atom. The number of amides is 1. The number of likely N-dealkylation sites (tertiary alicyclic amines) is 1. The molecule has 122 valence electrons. The van der Waals surface area contributed by atoms with Gasteiger partial charge in [0.05, 0.1) is 11.8 Å². The molecule has 2 atom stereocenters. The summed E-state index contributed by atoms with van der Waals surface area (Å²) in [7, 11) is 0. The van der Waals surface area contributed by atoms with Crippen LogP contribution in [0.5, 0.6) is 0 Å². The second-order valence-corrected chi connectivity index (χ2v) is 7.57. The van der Waals surface area contributed by atoms with Crippen LogP contribution >= 0.6 is 11.3 Å². The van der Waals surface area contributed by atoms with Crippen molar-refractivity contribution in [1.29, 1.82) is 0 Å². The fourth-order valence-electron chi connectivity index (χ4n) is 4.16. The first-order valence-electron chi connectivity index (χ1n) is 8.46. The summed E-state index contributed by atoms with van der Waals surface area (Å²) in [4.78, 5) is 31.6. The average molecular weight is 331 g/mol. The van der Waals surface area contributed by atoms with Crippen molar-refractivity contribution in [2.24, 2.45) is 5.92 Å². The summed E-state index contributed by atoms with van der Waals surface area (Å²) in [6.07, 6.45) is 8.72. The Kier molecular flexibility index (Phi) is 3.93. The van der Waals surface area contributed by atoms with Crippen LogP contribution in [0.15, 0.2) is 22.6 Å². The molecule has 2 unspecified atom stereocenters. The summed E-state index contributed by atoms with van der Waals surface area (Å²) in [5, 5.41) is 1.86. The van der Waals surface area contributed by atoms with Gasteiger partial charge in [-0.3, -0.25) is 14.2 Å². The Bertz CT molecular complexity index is 779. The number of carbonyl (C=O) groups excluding carboxylic acids is 1. The molecule has 1 saturated carbocycles. The summed E-state index contributed by atoms with van der Waals surface area (Å²) in [5.41, 5.74) is 0.615. The van der Waals surface area contributed by atoms with Gasteiger partial charge in [-0.15, -0.1) is 11.3 Å². The van der Waals surface area contributed by atoms with E-state index >= 15 is 0 Å². The van der Waals surface area contributed by atoms with E-state index in [1.54, 1.807) is 0 Å². The first kappa shape index (κ1) is 14.9. The van der Waals surface area contributed by atoms with Gasteiger partial charge >= 0.3 is 0 Å². The number of rotatable bonds is 2. The summed E-state index contributed by atoms with van der Waals surface area (Å²) >= 11 is 1.39. The van der Waals surface area contributed by atoms with Crippen LogP contribution in [0.25, 0.3) is 10.2 Å². The van der Waals surface area contributed by atoms with Crippen molar-refractivity contribution in [1.82, 2.24) is 14.5 Å². The zero-order valence-electron chi connectivity index (χ0n) is 13.1. The van der Waals surface area contributed by atoms with Gasteiger partial charge in [-0.1, -0.05) is 12.8 Å². The van der Waals surface area contributed by atoms with Crippen molar-refractivity contribution < 1.29 is 4.79 Å². The first-order valence-corrected chi connectivity index (χ1v) is 9.34. The smallest absolute Gasteiger partial charge is 0.271 e.